The van der Waals surface area contributed by atoms with Gasteiger partial charge in [0.25, 0.3) is 5.91 Å². The number of benzene rings is 2. The molecule has 30 heavy (non-hydrogen) atoms. The van der Waals surface area contributed by atoms with Gasteiger partial charge in [0.1, 0.15) is 0 Å². The van der Waals surface area contributed by atoms with Crippen molar-refractivity contribution < 1.29 is 33.3 Å². The molecule has 0 bridgehead atoms. The van der Waals surface area contributed by atoms with Crippen molar-refractivity contribution in [3.63, 3.8) is 0 Å². The third-order valence-corrected chi connectivity index (χ3v) is 4.27. The molecule has 2 aromatic rings. The Labute approximate surface area is 176 Å². The van der Waals surface area contributed by atoms with Crippen LogP contribution in [-0.2, 0) is 16.1 Å². The molecule has 0 unspecified atom stereocenters. The monoisotopic (exact) mass is 417 g/mol. The molecule has 8 nitrogen and oxygen atoms in total. The fraction of sp³-hybridized carbons (Fsp3) is 0.364. The number of esters is 1. The molecule has 1 N–H and O–H groups in total. The summed E-state index contributed by atoms with van der Waals surface area (Å²) in [4.78, 5) is 24.7. The van der Waals surface area contributed by atoms with Gasteiger partial charge >= 0.3 is 5.97 Å². The van der Waals surface area contributed by atoms with Crippen LogP contribution in [0.3, 0.4) is 0 Å². The van der Waals surface area contributed by atoms with Crippen LogP contribution >= 0.6 is 0 Å². The molecule has 1 atom stereocenters. The summed E-state index contributed by atoms with van der Waals surface area (Å²) in [6, 6.07) is 10.0. The highest BCUT2D eigenvalue weighted by molar-refractivity contribution is 5.92. The lowest BCUT2D eigenvalue weighted by atomic mass is 10.2. The molecule has 0 aliphatic rings. The van der Waals surface area contributed by atoms with Crippen LogP contribution in [-0.4, -0.2) is 45.9 Å². The van der Waals surface area contributed by atoms with Crippen LogP contribution in [0.1, 0.15) is 29.8 Å². The summed E-state index contributed by atoms with van der Waals surface area (Å²) in [5.74, 6) is 1.05. The lowest BCUT2D eigenvalue weighted by Crippen LogP contribution is -2.35. The van der Waals surface area contributed by atoms with Gasteiger partial charge in [-0.05, 0) is 49.7 Å². The zero-order valence-corrected chi connectivity index (χ0v) is 17.8. The molecule has 0 aliphatic heterocycles. The van der Waals surface area contributed by atoms with Gasteiger partial charge < -0.3 is 29.0 Å². The average molecular weight is 417 g/mol. The first kappa shape index (κ1) is 22.9. The van der Waals surface area contributed by atoms with Crippen molar-refractivity contribution in [2.75, 3.05) is 27.9 Å². The van der Waals surface area contributed by atoms with E-state index in [-0.39, 0.29) is 12.1 Å². The summed E-state index contributed by atoms with van der Waals surface area (Å²) < 4.78 is 26.4. The zero-order chi connectivity index (χ0) is 22.1. The Morgan fingerprint density at radius 2 is 1.53 bits per heavy atom. The average Bonchev–Trinajstić information content (AvgIpc) is 2.77. The van der Waals surface area contributed by atoms with Gasteiger partial charge in [-0.3, -0.25) is 4.79 Å². The van der Waals surface area contributed by atoms with Crippen LogP contribution in [0.2, 0.25) is 0 Å². The van der Waals surface area contributed by atoms with Gasteiger partial charge in [-0.25, -0.2) is 4.79 Å². The topological polar surface area (TPSA) is 92.3 Å². The highest BCUT2D eigenvalue weighted by atomic mass is 16.5. The Balaban J connectivity index is 1.96. The summed E-state index contributed by atoms with van der Waals surface area (Å²) in [6.07, 6.45) is -0.977. The quantitative estimate of drug-likeness (QED) is 0.594. The molecule has 0 aromatic heterocycles. The number of methoxy groups -OCH3 is 3. The molecule has 8 heteroatoms. The number of carbonyl (C=O) groups is 2. The van der Waals surface area contributed by atoms with E-state index in [9.17, 15) is 9.59 Å². The van der Waals surface area contributed by atoms with E-state index in [4.69, 9.17) is 23.7 Å². The van der Waals surface area contributed by atoms with E-state index in [2.05, 4.69) is 5.32 Å². The maximum absolute atomic E-state index is 12.4. The molecule has 0 radical (unpaired) electrons. The molecule has 0 spiro atoms. The minimum Gasteiger partial charge on any atom is -0.493 e. The van der Waals surface area contributed by atoms with Crippen molar-refractivity contribution in [2.24, 2.45) is 0 Å². The van der Waals surface area contributed by atoms with E-state index in [1.807, 2.05) is 13.0 Å². The number of carbonyl (C=O) groups excluding carboxylic acids is 2. The molecule has 0 heterocycles. The van der Waals surface area contributed by atoms with Crippen molar-refractivity contribution in [1.82, 2.24) is 5.32 Å². The van der Waals surface area contributed by atoms with Gasteiger partial charge in [0, 0.05) is 6.54 Å². The highest BCUT2D eigenvalue weighted by Gasteiger charge is 2.20. The Kier molecular flexibility index (Phi) is 8.34. The Hall–Kier alpha value is -3.42. The fourth-order valence-electron chi connectivity index (χ4n) is 2.67. The second-order valence-corrected chi connectivity index (χ2v) is 6.25. The summed E-state index contributed by atoms with van der Waals surface area (Å²) in [5.41, 5.74) is 1.07. The molecular formula is C22H27NO7. The first-order valence-electron chi connectivity index (χ1n) is 9.43. The van der Waals surface area contributed by atoms with Crippen molar-refractivity contribution in [2.45, 2.75) is 26.5 Å². The first-order chi connectivity index (χ1) is 14.4. The Bertz CT molecular complexity index is 882. The van der Waals surface area contributed by atoms with E-state index >= 15 is 0 Å². The molecule has 0 aliphatic carbocycles. The van der Waals surface area contributed by atoms with Gasteiger partial charge in [-0.2, -0.15) is 0 Å². The summed E-state index contributed by atoms with van der Waals surface area (Å²) >= 11 is 0. The van der Waals surface area contributed by atoms with Crippen LogP contribution in [0.25, 0.3) is 0 Å². The predicted octanol–water partition coefficient (Wildman–Crippen LogP) is 2.97. The molecule has 162 valence electrons. The lowest BCUT2D eigenvalue weighted by Gasteiger charge is -2.15. The second-order valence-electron chi connectivity index (χ2n) is 6.25. The molecule has 0 fully saturated rings. The van der Waals surface area contributed by atoms with Crippen molar-refractivity contribution in [1.29, 1.82) is 0 Å². The summed E-state index contributed by atoms with van der Waals surface area (Å²) in [6.45, 7) is 4.08. The van der Waals surface area contributed by atoms with Crippen molar-refractivity contribution >= 4 is 11.9 Å². The van der Waals surface area contributed by atoms with Gasteiger partial charge in [0.15, 0.2) is 29.1 Å². The Morgan fingerprint density at radius 3 is 2.17 bits per heavy atom. The first-order valence-corrected chi connectivity index (χ1v) is 9.43. The van der Waals surface area contributed by atoms with E-state index < -0.39 is 18.0 Å². The molecule has 1 amide bonds. The minimum atomic E-state index is -0.977. The van der Waals surface area contributed by atoms with Gasteiger partial charge in [-0.15, -0.1) is 0 Å². The molecule has 0 saturated carbocycles. The standard InChI is InChI=1S/C22H27NO7/c1-6-29-18-10-8-16(12-20(18)28-5)22(25)30-14(2)21(24)23-13-15-7-9-17(26-3)19(11-15)27-4/h7-12,14H,6,13H2,1-5H3,(H,23,24)/t14-/m0/s1. The smallest absolute Gasteiger partial charge is 0.339 e. The molecule has 0 saturated heterocycles. The van der Waals surface area contributed by atoms with Crippen LogP contribution < -0.4 is 24.3 Å². The van der Waals surface area contributed by atoms with Gasteiger partial charge in [0.2, 0.25) is 0 Å². The number of rotatable bonds is 10. The predicted molar refractivity (Wildman–Crippen MR) is 110 cm³/mol. The van der Waals surface area contributed by atoms with E-state index in [1.54, 1.807) is 31.4 Å². The van der Waals surface area contributed by atoms with Crippen LogP contribution in [0, 0.1) is 0 Å². The maximum atomic E-state index is 12.4. The molecular weight excluding hydrogens is 390 g/mol. The number of ether oxygens (including phenoxy) is 5. The van der Waals surface area contributed by atoms with E-state index in [0.29, 0.717) is 29.6 Å². The third-order valence-electron chi connectivity index (χ3n) is 4.27. The minimum absolute atomic E-state index is 0.248. The van der Waals surface area contributed by atoms with Crippen molar-refractivity contribution in [3.05, 3.63) is 47.5 Å². The zero-order valence-electron chi connectivity index (χ0n) is 17.8. The van der Waals surface area contributed by atoms with Gasteiger partial charge in [0.05, 0.1) is 33.5 Å². The van der Waals surface area contributed by atoms with Crippen LogP contribution in [0.5, 0.6) is 23.0 Å². The van der Waals surface area contributed by atoms with E-state index in [1.165, 1.54) is 27.2 Å². The highest BCUT2D eigenvalue weighted by Crippen LogP contribution is 2.29. The second kappa shape index (κ2) is 10.9. The third kappa shape index (κ3) is 5.79. The van der Waals surface area contributed by atoms with Crippen molar-refractivity contribution in [3.8, 4) is 23.0 Å². The molecule has 2 aromatic carbocycles. The van der Waals surface area contributed by atoms with Crippen LogP contribution in [0.4, 0.5) is 0 Å². The number of nitrogens with one attached hydrogen (secondary N) is 1. The van der Waals surface area contributed by atoms with Gasteiger partial charge in [-0.1, -0.05) is 6.07 Å². The number of hydrogen-bond donors (Lipinski definition) is 1. The maximum Gasteiger partial charge on any atom is 0.339 e. The summed E-state index contributed by atoms with van der Waals surface area (Å²) in [7, 11) is 4.57. The SMILES string of the molecule is CCOc1ccc(C(=O)O[C@@H](C)C(=O)NCc2ccc(OC)c(OC)c2)cc1OC. The fourth-order valence-corrected chi connectivity index (χ4v) is 2.67. The Morgan fingerprint density at radius 1 is 0.900 bits per heavy atom. The van der Waals surface area contributed by atoms with E-state index in [0.717, 1.165) is 5.56 Å². The van der Waals surface area contributed by atoms with Crippen LogP contribution in [0.15, 0.2) is 36.4 Å². The normalized spacial score (nSPS) is 11.2. The summed E-state index contributed by atoms with van der Waals surface area (Å²) in [5, 5.41) is 2.74. The number of hydrogen-bond acceptors (Lipinski definition) is 7. The number of amides is 1. The lowest BCUT2D eigenvalue weighted by molar-refractivity contribution is -0.129. The molecule has 2 rings (SSSR count). The largest absolute Gasteiger partial charge is 0.493 e.